The van der Waals surface area contributed by atoms with Gasteiger partial charge in [-0.25, -0.2) is 0 Å². The highest BCUT2D eigenvalue weighted by molar-refractivity contribution is 4.87. The molecule has 0 radical (unpaired) electrons. The van der Waals surface area contributed by atoms with E-state index in [1.54, 1.807) is 7.11 Å². The van der Waals surface area contributed by atoms with Gasteiger partial charge in [-0.15, -0.1) is 0 Å². The Hall–Kier alpha value is -0.120. The summed E-state index contributed by atoms with van der Waals surface area (Å²) in [6.07, 6.45) is 7.90. The van der Waals surface area contributed by atoms with E-state index in [-0.39, 0.29) is 0 Å². The van der Waals surface area contributed by atoms with Crippen molar-refractivity contribution < 1.29 is 4.74 Å². The van der Waals surface area contributed by atoms with Gasteiger partial charge in [0.25, 0.3) is 0 Å². The maximum Gasteiger partial charge on any atom is 0.0589 e. The van der Waals surface area contributed by atoms with Crippen LogP contribution in [0.1, 0.15) is 59.3 Å². The molecule has 0 aromatic heterocycles. The molecule has 3 heteroatoms. The fourth-order valence-electron chi connectivity index (χ4n) is 4.00. The van der Waals surface area contributed by atoms with Crippen LogP contribution in [0, 0.1) is 11.8 Å². The molecule has 3 nitrogen and oxygen atoms in total. The molecule has 20 heavy (non-hydrogen) atoms. The third-order valence-corrected chi connectivity index (χ3v) is 5.15. The van der Waals surface area contributed by atoms with Crippen molar-refractivity contribution in [2.75, 3.05) is 26.8 Å². The Bertz CT molecular complexity index is 243. The summed E-state index contributed by atoms with van der Waals surface area (Å²) in [5.41, 5.74) is 6.19. The third-order valence-electron chi connectivity index (χ3n) is 5.15. The molecule has 3 unspecified atom stereocenters. The minimum absolute atomic E-state index is 0.540. The highest BCUT2D eigenvalue weighted by atomic mass is 16.5. The topological polar surface area (TPSA) is 38.5 Å². The van der Waals surface area contributed by atoms with Crippen molar-refractivity contribution in [2.24, 2.45) is 17.6 Å². The molecule has 120 valence electrons. The lowest BCUT2D eigenvalue weighted by molar-refractivity contribution is 0.0411. The molecule has 3 atom stereocenters. The van der Waals surface area contributed by atoms with Crippen LogP contribution in [0.4, 0.5) is 0 Å². The summed E-state index contributed by atoms with van der Waals surface area (Å²) in [4.78, 5) is 2.66. The van der Waals surface area contributed by atoms with Gasteiger partial charge in [0.2, 0.25) is 0 Å². The zero-order chi connectivity index (χ0) is 15.0. The van der Waals surface area contributed by atoms with Crippen LogP contribution in [0.2, 0.25) is 0 Å². The molecular formula is C17H36N2O. The van der Waals surface area contributed by atoms with Gasteiger partial charge >= 0.3 is 0 Å². The second kappa shape index (κ2) is 9.75. The first-order chi connectivity index (χ1) is 9.67. The summed E-state index contributed by atoms with van der Waals surface area (Å²) in [5.74, 6) is 1.65. The quantitative estimate of drug-likeness (QED) is 0.706. The van der Waals surface area contributed by atoms with Crippen LogP contribution >= 0.6 is 0 Å². The van der Waals surface area contributed by atoms with Gasteiger partial charge in [-0.1, -0.05) is 33.6 Å². The highest BCUT2D eigenvalue weighted by Crippen LogP contribution is 2.33. The molecule has 0 amide bonds. The molecule has 0 aromatic carbocycles. The lowest BCUT2D eigenvalue weighted by Crippen LogP contribution is -2.52. The SMILES string of the molecule is CCC(CC)N(CCOC)C(CN)C1CCCC(C)C1. The second-order valence-electron chi connectivity index (χ2n) is 6.54. The summed E-state index contributed by atoms with van der Waals surface area (Å²) in [7, 11) is 1.80. The summed E-state index contributed by atoms with van der Waals surface area (Å²) < 4.78 is 5.33. The van der Waals surface area contributed by atoms with E-state index in [9.17, 15) is 0 Å². The highest BCUT2D eigenvalue weighted by Gasteiger charge is 2.32. The van der Waals surface area contributed by atoms with Crippen molar-refractivity contribution in [3.05, 3.63) is 0 Å². The minimum atomic E-state index is 0.540. The Morgan fingerprint density at radius 1 is 1.25 bits per heavy atom. The zero-order valence-electron chi connectivity index (χ0n) is 14.1. The van der Waals surface area contributed by atoms with Gasteiger partial charge in [-0.3, -0.25) is 4.90 Å². The molecule has 1 aliphatic rings. The standard InChI is InChI=1S/C17H36N2O/c1-5-16(6-2)19(10-11-20-4)17(13-18)15-9-7-8-14(3)12-15/h14-17H,5-13,18H2,1-4H3. The summed E-state index contributed by atoms with van der Waals surface area (Å²) >= 11 is 0. The van der Waals surface area contributed by atoms with Gasteiger partial charge in [-0.2, -0.15) is 0 Å². The second-order valence-corrected chi connectivity index (χ2v) is 6.54. The fraction of sp³-hybridized carbons (Fsp3) is 1.00. The third kappa shape index (κ3) is 5.01. The molecule has 1 rings (SSSR count). The van der Waals surface area contributed by atoms with Gasteiger partial charge in [0, 0.05) is 32.3 Å². The van der Waals surface area contributed by atoms with Gasteiger partial charge in [0.15, 0.2) is 0 Å². The van der Waals surface area contributed by atoms with Crippen molar-refractivity contribution in [2.45, 2.75) is 71.4 Å². The van der Waals surface area contributed by atoms with E-state index in [1.165, 1.54) is 38.5 Å². The van der Waals surface area contributed by atoms with Gasteiger partial charge in [0.05, 0.1) is 6.61 Å². The monoisotopic (exact) mass is 284 g/mol. The van der Waals surface area contributed by atoms with Crippen LogP contribution in [0.3, 0.4) is 0 Å². The average molecular weight is 284 g/mol. The fourth-order valence-corrected chi connectivity index (χ4v) is 4.00. The van der Waals surface area contributed by atoms with E-state index < -0.39 is 0 Å². The largest absolute Gasteiger partial charge is 0.383 e. The van der Waals surface area contributed by atoms with E-state index in [4.69, 9.17) is 10.5 Å². The Labute approximate surface area is 126 Å². The number of methoxy groups -OCH3 is 1. The first-order valence-corrected chi connectivity index (χ1v) is 8.62. The van der Waals surface area contributed by atoms with Gasteiger partial charge in [-0.05, 0) is 37.5 Å². The number of ether oxygens (including phenoxy) is 1. The minimum Gasteiger partial charge on any atom is -0.383 e. The van der Waals surface area contributed by atoms with E-state index in [0.29, 0.717) is 12.1 Å². The van der Waals surface area contributed by atoms with Crippen LogP contribution in [-0.4, -0.2) is 43.8 Å². The summed E-state index contributed by atoms with van der Waals surface area (Å²) in [6.45, 7) is 9.62. The maximum atomic E-state index is 6.19. The Morgan fingerprint density at radius 3 is 2.45 bits per heavy atom. The van der Waals surface area contributed by atoms with Crippen LogP contribution in [0.5, 0.6) is 0 Å². The molecule has 0 saturated heterocycles. The van der Waals surface area contributed by atoms with Crippen molar-refractivity contribution in [1.82, 2.24) is 4.90 Å². The normalized spacial score (nSPS) is 25.4. The number of hydrogen-bond acceptors (Lipinski definition) is 3. The van der Waals surface area contributed by atoms with Crippen molar-refractivity contribution in [1.29, 1.82) is 0 Å². The summed E-state index contributed by atoms with van der Waals surface area (Å²) in [6, 6.07) is 1.19. The Kier molecular flexibility index (Phi) is 8.74. The maximum absolute atomic E-state index is 6.19. The number of nitrogens with two attached hydrogens (primary N) is 1. The summed E-state index contributed by atoms with van der Waals surface area (Å²) in [5, 5.41) is 0. The van der Waals surface area contributed by atoms with E-state index in [1.807, 2.05) is 0 Å². The first kappa shape index (κ1) is 17.9. The average Bonchev–Trinajstić information content (AvgIpc) is 2.46. The zero-order valence-corrected chi connectivity index (χ0v) is 14.1. The number of rotatable bonds is 9. The van der Waals surface area contributed by atoms with E-state index >= 15 is 0 Å². The molecule has 1 saturated carbocycles. The van der Waals surface area contributed by atoms with Gasteiger partial charge < -0.3 is 10.5 Å². The van der Waals surface area contributed by atoms with Crippen LogP contribution in [-0.2, 0) is 4.74 Å². The molecule has 1 aliphatic carbocycles. The predicted octanol–water partition coefficient (Wildman–Crippen LogP) is 3.28. The number of nitrogens with zero attached hydrogens (tertiary/aromatic N) is 1. The van der Waals surface area contributed by atoms with Gasteiger partial charge in [0.1, 0.15) is 0 Å². The van der Waals surface area contributed by atoms with E-state index in [2.05, 4.69) is 25.7 Å². The smallest absolute Gasteiger partial charge is 0.0589 e. The molecule has 2 N–H and O–H groups in total. The van der Waals surface area contributed by atoms with Crippen LogP contribution in [0.15, 0.2) is 0 Å². The van der Waals surface area contributed by atoms with Crippen molar-refractivity contribution >= 4 is 0 Å². The van der Waals surface area contributed by atoms with Crippen molar-refractivity contribution in [3.63, 3.8) is 0 Å². The predicted molar refractivity (Wildman–Crippen MR) is 86.9 cm³/mol. The molecule has 0 spiro atoms. The molecule has 1 fully saturated rings. The molecule has 0 aliphatic heterocycles. The van der Waals surface area contributed by atoms with Crippen LogP contribution in [0.25, 0.3) is 0 Å². The molecule has 0 bridgehead atoms. The Morgan fingerprint density at radius 2 is 1.95 bits per heavy atom. The lowest BCUT2D eigenvalue weighted by atomic mass is 9.77. The molecule has 0 aromatic rings. The first-order valence-electron chi connectivity index (χ1n) is 8.62. The lowest BCUT2D eigenvalue weighted by Gasteiger charge is -2.43. The molecular weight excluding hydrogens is 248 g/mol. The van der Waals surface area contributed by atoms with Crippen LogP contribution < -0.4 is 5.73 Å². The van der Waals surface area contributed by atoms with Crippen molar-refractivity contribution in [3.8, 4) is 0 Å². The van der Waals surface area contributed by atoms with E-state index in [0.717, 1.165) is 31.5 Å². The Balaban J connectivity index is 2.76. The number of hydrogen-bond donors (Lipinski definition) is 1. The molecule has 0 heterocycles.